The van der Waals surface area contributed by atoms with E-state index in [1.807, 2.05) is 19.2 Å². The maximum Gasteiger partial charge on any atom is 0.203 e. The summed E-state index contributed by atoms with van der Waals surface area (Å²) >= 11 is 0. The molecular weight excluding hydrogens is 380 g/mol. The SMILES string of the molecule is CCC(CC)C(CNC(=NC)NCc1cc(OC)c(OC)c(OC)c1)N1CCCC1. The normalized spacial score (nSPS) is 15.9. The van der Waals surface area contributed by atoms with Gasteiger partial charge in [0.25, 0.3) is 0 Å². The van der Waals surface area contributed by atoms with Gasteiger partial charge in [-0.3, -0.25) is 9.89 Å². The number of nitrogens with zero attached hydrogens (tertiary/aromatic N) is 2. The molecule has 0 aromatic heterocycles. The van der Waals surface area contributed by atoms with E-state index in [2.05, 4.69) is 34.4 Å². The first-order chi connectivity index (χ1) is 14.6. The van der Waals surface area contributed by atoms with E-state index < -0.39 is 0 Å². The zero-order valence-electron chi connectivity index (χ0n) is 19.6. The van der Waals surface area contributed by atoms with Crippen LogP contribution in [-0.2, 0) is 6.54 Å². The van der Waals surface area contributed by atoms with Crippen molar-refractivity contribution < 1.29 is 14.2 Å². The minimum atomic E-state index is 0.544. The number of rotatable bonds is 11. The number of aliphatic imine (C=N–C) groups is 1. The van der Waals surface area contributed by atoms with Crippen molar-refractivity contribution in [2.24, 2.45) is 10.9 Å². The Bertz CT molecular complexity index is 643. The molecule has 0 spiro atoms. The van der Waals surface area contributed by atoms with Crippen LogP contribution in [-0.4, -0.2) is 64.9 Å². The van der Waals surface area contributed by atoms with Crippen molar-refractivity contribution >= 4 is 5.96 Å². The van der Waals surface area contributed by atoms with Crippen LogP contribution >= 0.6 is 0 Å². The van der Waals surface area contributed by atoms with E-state index in [0.29, 0.717) is 35.8 Å². The van der Waals surface area contributed by atoms with Crippen LogP contribution in [0.3, 0.4) is 0 Å². The molecule has 0 bridgehead atoms. The quantitative estimate of drug-likeness (QED) is 0.423. The number of guanidine groups is 1. The van der Waals surface area contributed by atoms with Crippen LogP contribution in [0.5, 0.6) is 17.2 Å². The van der Waals surface area contributed by atoms with Gasteiger partial charge in [-0.2, -0.15) is 0 Å². The van der Waals surface area contributed by atoms with Gasteiger partial charge in [-0.25, -0.2) is 0 Å². The second kappa shape index (κ2) is 12.5. The third-order valence-electron chi connectivity index (χ3n) is 6.09. The van der Waals surface area contributed by atoms with Crippen LogP contribution in [0.4, 0.5) is 0 Å². The number of nitrogens with one attached hydrogen (secondary N) is 2. The smallest absolute Gasteiger partial charge is 0.203 e. The second-order valence-corrected chi connectivity index (χ2v) is 7.73. The van der Waals surface area contributed by atoms with Crippen LogP contribution in [0, 0.1) is 5.92 Å². The Balaban J connectivity index is 2.01. The number of benzene rings is 1. The van der Waals surface area contributed by atoms with Crippen LogP contribution in [0.1, 0.15) is 45.1 Å². The number of ether oxygens (including phenoxy) is 3. The largest absolute Gasteiger partial charge is 0.493 e. The zero-order chi connectivity index (χ0) is 21.9. The molecule has 1 aliphatic rings. The molecule has 0 amide bonds. The van der Waals surface area contributed by atoms with E-state index in [9.17, 15) is 0 Å². The average molecular weight is 421 g/mol. The van der Waals surface area contributed by atoms with Gasteiger partial charge in [0.05, 0.1) is 21.3 Å². The highest BCUT2D eigenvalue weighted by atomic mass is 16.5. The topological polar surface area (TPSA) is 67.4 Å². The summed E-state index contributed by atoms with van der Waals surface area (Å²) in [7, 11) is 6.68. The van der Waals surface area contributed by atoms with Crippen molar-refractivity contribution in [3.05, 3.63) is 17.7 Å². The van der Waals surface area contributed by atoms with Crippen molar-refractivity contribution in [2.45, 2.75) is 52.1 Å². The molecule has 170 valence electrons. The van der Waals surface area contributed by atoms with Gasteiger partial charge in [0.2, 0.25) is 5.75 Å². The molecule has 0 saturated carbocycles. The summed E-state index contributed by atoms with van der Waals surface area (Å²) in [6.45, 7) is 8.53. The molecule has 1 fully saturated rings. The lowest BCUT2D eigenvalue weighted by atomic mass is 9.93. The molecule has 0 aliphatic carbocycles. The lowest BCUT2D eigenvalue weighted by molar-refractivity contribution is 0.166. The van der Waals surface area contributed by atoms with Gasteiger partial charge in [-0.05, 0) is 49.5 Å². The van der Waals surface area contributed by atoms with Gasteiger partial charge in [0.15, 0.2) is 17.5 Å². The summed E-state index contributed by atoms with van der Waals surface area (Å²) in [5.41, 5.74) is 1.03. The Kier molecular flexibility index (Phi) is 10.1. The third kappa shape index (κ3) is 6.17. The monoisotopic (exact) mass is 420 g/mol. The maximum absolute atomic E-state index is 5.46. The van der Waals surface area contributed by atoms with E-state index in [1.165, 1.54) is 38.8 Å². The van der Waals surface area contributed by atoms with Crippen molar-refractivity contribution in [3.8, 4) is 17.2 Å². The van der Waals surface area contributed by atoms with E-state index >= 15 is 0 Å². The molecule has 1 unspecified atom stereocenters. The Labute approximate surface area is 182 Å². The zero-order valence-corrected chi connectivity index (χ0v) is 19.6. The fourth-order valence-corrected chi connectivity index (χ4v) is 4.35. The molecule has 0 radical (unpaired) electrons. The molecule has 7 nitrogen and oxygen atoms in total. The summed E-state index contributed by atoms with van der Waals surface area (Å²) in [4.78, 5) is 7.07. The number of hydrogen-bond donors (Lipinski definition) is 2. The Morgan fingerprint density at radius 2 is 1.60 bits per heavy atom. The first kappa shape index (κ1) is 24.1. The fourth-order valence-electron chi connectivity index (χ4n) is 4.35. The minimum absolute atomic E-state index is 0.544. The fraction of sp³-hybridized carbons (Fsp3) is 0.696. The molecular formula is C23H40N4O3. The number of hydrogen-bond acceptors (Lipinski definition) is 5. The number of likely N-dealkylation sites (tertiary alicyclic amines) is 1. The average Bonchev–Trinajstić information content (AvgIpc) is 3.32. The van der Waals surface area contributed by atoms with E-state index in [1.54, 1.807) is 21.3 Å². The summed E-state index contributed by atoms with van der Waals surface area (Å²) in [5, 5.41) is 6.97. The predicted octanol–water partition coefficient (Wildman–Crippen LogP) is 3.28. The molecule has 30 heavy (non-hydrogen) atoms. The Hall–Kier alpha value is -2.15. The summed E-state index contributed by atoms with van der Waals surface area (Å²) in [6, 6.07) is 4.46. The highest BCUT2D eigenvalue weighted by molar-refractivity contribution is 5.79. The van der Waals surface area contributed by atoms with E-state index in [-0.39, 0.29) is 0 Å². The van der Waals surface area contributed by atoms with Gasteiger partial charge < -0.3 is 24.8 Å². The van der Waals surface area contributed by atoms with Crippen molar-refractivity contribution in [1.29, 1.82) is 0 Å². The molecule has 2 rings (SSSR count). The lowest BCUT2D eigenvalue weighted by Gasteiger charge is -2.34. The van der Waals surface area contributed by atoms with Gasteiger partial charge in [-0.15, -0.1) is 0 Å². The molecule has 1 atom stereocenters. The molecule has 1 heterocycles. The van der Waals surface area contributed by atoms with Gasteiger partial charge in [-0.1, -0.05) is 26.7 Å². The standard InChI is InChI=1S/C23H40N4O3/c1-7-18(8-2)19(27-11-9-10-12-27)16-26-23(24-3)25-15-17-13-20(28-4)22(30-6)21(14-17)29-5/h13-14,18-19H,7-12,15-16H2,1-6H3,(H2,24,25,26). The van der Waals surface area contributed by atoms with Crippen molar-refractivity contribution in [2.75, 3.05) is 48.0 Å². The van der Waals surface area contributed by atoms with E-state index in [4.69, 9.17) is 14.2 Å². The maximum atomic E-state index is 5.46. The first-order valence-electron chi connectivity index (χ1n) is 11.1. The minimum Gasteiger partial charge on any atom is -0.493 e. The molecule has 1 aliphatic heterocycles. The molecule has 1 saturated heterocycles. The van der Waals surface area contributed by atoms with Crippen molar-refractivity contribution in [3.63, 3.8) is 0 Å². The molecule has 1 aromatic rings. The first-order valence-corrected chi connectivity index (χ1v) is 11.1. The third-order valence-corrected chi connectivity index (χ3v) is 6.09. The predicted molar refractivity (Wildman–Crippen MR) is 123 cm³/mol. The Morgan fingerprint density at radius 1 is 1.00 bits per heavy atom. The highest BCUT2D eigenvalue weighted by Crippen LogP contribution is 2.38. The van der Waals surface area contributed by atoms with E-state index in [0.717, 1.165) is 18.1 Å². The number of methoxy groups -OCH3 is 3. The lowest BCUT2D eigenvalue weighted by Crippen LogP contribution is -2.49. The van der Waals surface area contributed by atoms with Crippen LogP contribution in [0.25, 0.3) is 0 Å². The van der Waals surface area contributed by atoms with Gasteiger partial charge in [0.1, 0.15) is 0 Å². The summed E-state index contributed by atoms with van der Waals surface area (Å²) in [5.74, 6) is 3.41. The van der Waals surface area contributed by atoms with Crippen molar-refractivity contribution in [1.82, 2.24) is 15.5 Å². The highest BCUT2D eigenvalue weighted by Gasteiger charge is 2.27. The van der Waals surface area contributed by atoms with Crippen LogP contribution in [0.15, 0.2) is 17.1 Å². The molecule has 7 heteroatoms. The Morgan fingerprint density at radius 3 is 2.07 bits per heavy atom. The molecule has 1 aromatic carbocycles. The summed E-state index contributed by atoms with van der Waals surface area (Å²) < 4.78 is 16.3. The van der Waals surface area contributed by atoms with Gasteiger partial charge >= 0.3 is 0 Å². The van der Waals surface area contributed by atoms with Crippen LogP contribution in [0.2, 0.25) is 0 Å². The van der Waals surface area contributed by atoms with Gasteiger partial charge in [0, 0.05) is 26.2 Å². The second-order valence-electron chi connectivity index (χ2n) is 7.73. The summed E-state index contributed by atoms with van der Waals surface area (Å²) in [6.07, 6.45) is 5.03. The van der Waals surface area contributed by atoms with Crippen LogP contribution < -0.4 is 24.8 Å². The molecule has 2 N–H and O–H groups in total.